The SMILES string of the molecule is C=Cc1cc2cnon2n1. The van der Waals surface area contributed by atoms with Gasteiger partial charge < -0.3 is 0 Å². The Balaban J connectivity index is 2.78. The predicted octanol–water partition coefficient (Wildman–Crippen LogP) is 0.965. The van der Waals surface area contributed by atoms with Crippen LogP contribution in [0.1, 0.15) is 5.69 Å². The van der Waals surface area contributed by atoms with E-state index < -0.39 is 0 Å². The van der Waals surface area contributed by atoms with Crippen LogP contribution in [0.3, 0.4) is 0 Å². The molecule has 2 aromatic heterocycles. The Morgan fingerprint density at radius 1 is 1.70 bits per heavy atom. The van der Waals surface area contributed by atoms with Crippen molar-refractivity contribution in [3.63, 3.8) is 0 Å². The third-order valence-electron chi connectivity index (χ3n) is 1.24. The first-order valence-corrected chi connectivity index (χ1v) is 2.83. The number of aromatic nitrogens is 3. The Morgan fingerprint density at radius 3 is 3.30 bits per heavy atom. The van der Waals surface area contributed by atoms with E-state index in [1.807, 2.05) is 6.07 Å². The molecule has 0 fully saturated rings. The van der Waals surface area contributed by atoms with Crippen LogP contribution >= 0.6 is 0 Å². The Labute approximate surface area is 56.7 Å². The van der Waals surface area contributed by atoms with Gasteiger partial charge in [-0.25, -0.2) is 4.63 Å². The molecule has 0 saturated heterocycles. The zero-order valence-electron chi connectivity index (χ0n) is 5.19. The molecule has 0 aliphatic carbocycles. The van der Waals surface area contributed by atoms with Gasteiger partial charge in [0.15, 0.2) is 0 Å². The molecule has 0 aromatic carbocycles. The highest BCUT2D eigenvalue weighted by Crippen LogP contribution is 2.04. The molecule has 0 bridgehead atoms. The van der Waals surface area contributed by atoms with E-state index >= 15 is 0 Å². The van der Waals surface area contributed by atoms with Crippen LogP contribution in [-0.2, 0) is 0 Å². The zero-order chi connectivity index (χ0) is 6.97. The quantitative estimate of drug-likeness (QED) is 0.585. The minimum atomic E-state index is 0.793. The highest BCUT2D eigenvalue weighted by atomic mass is 16.6. The summed E-state index contributed by atoms with van der Waals surface area (Å²) >= 11 is 0. The van der Waals surface area contributed by atoms with Gasteiger partial charge in [-0.15, -0.1) is 5.10 Å². The lowest BCUT2D eigenvalue weighted by Crippen LogP contribution is -1.79. The molecule has 0 aliphatic rings. The summed E-state index contributed by atoms with van der Waals surface area (Å²) in [5.74, 6) is 0. The smallest absolute Gasteiger partial charge is 0.128 e. The summed E-state index contributed by atoms with van der Waals surface area (Å²) in [4.78, 5) is 0. The van der Waals surface area contributed by atoms with E-state index in [2.05, 4.69) is 16.8 Å². The molecule has 0 N–H and O–H groups in total. The standard InChI is InChI=1S/C6H5N3O/c1-2-5-3-6-4-7-10-9(6)8-5/h2-4H,1H2. The van der Waals surface area contributed by atoms with Crippen molar-refractivity contribution in [3.8, 4) is 0 Å². The third-order valence-corrected chi connectivity index (χ3v) is 1.24. The Kier molecular flexibility index (Phi) is 0.887. The maximum absolute atomic E-state index is 4.71. The van der Waals surface area contributed by atoms with Crippen LogP contribution in [0.2, 0.25) is 0 Å². The first kappa shape index (κ1) is 5.22. The van der Waals surface area contributed by atoms with Crippen molar-refractivity contribution >= 4 is 11.6 Å². The number of rotatable bonds is 1. The van der Waals surface area contributed by atoms with Gasteiger partial charge in [0, 0.05) is 0 Å². The average Bonchev–Trinajstić information content (AvgIpc) is 2.42. The predicted molar refractivity (Wildman–Crippen MR) is 35.3 cm³/mol. The minimum Gasteiger partial charge on any atom is -0.245 e. The van der Waals surface area contributed by atoms with Crippen molar-refractivity contribution in [2.75, 3.05) is 0 Å². The fourth-order valence-corrected chi connectivity index (χ4v) is 0.772. The van der Waals surface area contributed by atoms with Gasteiger partial charge >= 0.3 is 0 Å². The lowest BCUT2D eigenvalue weighted by atomic mass is 10.4. The molecule has 2 aromatic rings. The molecule has 0 atom stereocenters. The molecule has 2 rings (SSSR count). The van der Waals surface area contributed by atoms with Gasteiger partial charge in [-0.3, -0.25) is 0 Å². The molecule has 0 saturated carbocycles. The molecule has 2 heterocycles. The zero-order valence-corrected chi connectivity index (χ0v) is 5.19. The van der Waals surface area contributed by atoms with Gasteiger partial charge in [-0.2, -0.15) is 0 Å². The molecule has 0 aliphatic heterocycles. The van der Waals surface area contributed by atoms with Crippen molar-refractivity contribution in [2.24, 2.45) is 0 Å². The number of hydrogen-bond acceptors (Lipinski definition) is 3. The van der Waals surface area contributed by atoms with Crippen molar-refractivity contribution < 1.29 is 4.63 Å². The molecule has 10 heavy (non-hydrogen) atoms. The maximum atomic E-state index is 4.71. The van der Waals surface area contributed by atoms with Crippen LogP contribution in [0, 0.1) is 0 Å². The highest BCUT2D eigenvalue weighted by Gasteiger charge is 1.99. The lowest BCUT2D eigenvalue weighted by Gasteiger charge is -1.74. The van der Waals surface area contributed by atoms with Gasteiger partial charge in [0.1, 0.15) is 5.52 Å². The number of hydrogen-bond donors (Lipinski definition) is 0. The van der Waals surface area contributed by atoms with Gasteiger partial charge in [-0.1, -0.05) is 16.4 Å². The second kappa shape index (κ2) is 1.70. The van der Waals surface area contributed by atoms with E-state index in [-0.39, 0.29) is 0 Å². The van der Waals surface area contributed by atoms with Crippen molar-refractivity contribution in [2.45, 2.75) is 0 Å². The summed E-state index contributed by atoms with van der Waals surface area (Å²) in [5, 5.41) is 7.49. The van der Waals surface area contributed by atoms with E-state index in [1.54, 1.807) is 12.3 Å². The molecule has 0 unspecified atom stereocenters. The van der Waals surface area contributed by atoms with E-state index in [9.17, 15) is 0 Å². The molecule has 0 radical (unpaired) electrons. The first-order chi connectivity index (χ1) is 4.90. The molecular formula is C6H5N3O. The molecule has 0 amide bonds. The Bertz CT molecular complexity index is 331. The summed E-state index contributed by atoms with van der Waals surface area (Å²) in [6.45, 7) is 3.57. The second-order valence-corrected chi connectivity index (χ2v) is 1.89. The fourth-order valence-electron chi connectivity index (χ4n) is 0.772. The summed E-state index contributed by atoms with van der Waals surface area (Å²) < 4.78 is 6.05. The fraction of sp³-hybridized carbons (Fsp3) is 0. The van der Waals surface area contributed by atoms with E-state index in [1.165, 1.54) is 4.69 Å². The van der Waals surface area contributed by atoms with Crippen molar-refractivity contribution in [3.05, 3.63) is 24.5 Å². The number of fused-ring (bicyclic) bond motifs is 1. The van der Waals surface area contributed by atoms with Gasteiger partial charge in [0.2, 0.25) is 0 Å². The van der Waals surface area contributed by atoms with E-state index in [0.29, 0.717) is 0 Å². The lowest BCUT2D eigenvalue weighted by molar-refractivity contribution is 0.244. The van der Waals surface area contributed by atoms with Crippen LogP contribution in [0.25, 0.3) is 11.6 Å². The molecule has 4 nitrogen and oxygen atoms in total. The van der Waals surface area contributed by atoms with Crippen LogP contribution in [0.4, 0.5) is 0 Å². The van der Waals surface area contributed by atoms with Crippen LogP contribution in [-0.4, -0.2) is 14.9 Å². The summed E-state index contributed by atoms with van der Waals surface area (Å²) in [5.41, 5.74) is 1.64. The monoisotopic (exact) mass is 135 g/mol. The van der Waals surface area contributed by atoms with Crippen LogP contribution in [0.5, 0.6) is 0 Å². The molecule has 4 heteroatoms. The molecular weight excluding hydrogens is 130 g/mol. The van der Waals surface area contributed by atoms with E-state index in [4.69, 9.17) is 4.63 Å². The van der Waals surface area contributed by atoms with Crippen LogP contribution in [0.15, 0.2) is 23.5 Å². The summed E-state index contributed by atoms with van der Waals surface area (Å²) in [7, 11) is 0. The second-order valence-electron chi connectivity index (χ2n) is 1.89. The average molecular weight is 135 g/mol. The van der Waals surface area contributed by atoms with Crippen LogP contribution < -0.4 is 0 Å². The molecule has 50 valence electrons. The van der Waals surface area contributed by atoms with Crippen molar-refractivity contribution in [1.82, 2.24) is 14.9 Å². The minimum absolute atomic E-state index is 0.793. The van der Waals surface area contributed by atoms with Crippen molar-refractivity contribution in [1.29, 1.82) is 0 Å². The Hall–Kier alpha value is -1.58. The highest BCUT2D eigenvalue weighted by molar-refractivity contribution is 5.52. The topological polar surface area (TPSA) is 43.3 Å². The maximum Gasteiger partial charge on any atom is 0.128 e. The van der Waals surface area contributed by atoms with Gasteiger partial charge in [-0.05, 0) is 12.1 Å². The largest absolute Gasteiger partial charge is 0.245 e. The molecule has 0 spiro atoms. The van der Waals surface area contributed by atoms with E-state index in [0.717, 1.165) is 11.2 Å². The van der Waals surface area contributed by atoms with Gasteiger partial charge in [0.05, 0.1) is 11.9 Å². The first-order valence-electron chi connectivity index (χ1n) is 2.83. The Morgan fingerprint density at radius 2 is 2.60 bits per heavy atom. The van der Waals surface area contributed by atoms with Gasteiger partial charge in [0.25, 0.3) is 0 Å². The third kappa shape index (κ3) is 0.556. The summed E-state index contributed by atoms with van der Waals surface area (Å²) in [6, 6.07) is 1.84. The number of nitrogens with zero attached hydrogens (tertiary/aromatic N) is 3. The normalized spacial score (nSPS) is 10.4. The summed E-state index contributed by atoms with van der Waals surface area (Å²) in [6.07, 6.45) is 3.25.